The predicted octanol–water partition coefficient (Wildman–Crippen LogP) is 4.57. The lowest BCUT2D eigenvalue weighted by Gasteiger charge is -2.23. The number of benzene rings is 2. The monoisotopic (exact) mass is 540 g/mol. The van der Waals surface area contributed by atoms with Gasteiger partial charge in [0.25, 0.3) is 11.6 Å². The Kier molecular flexibility index (Phi) is 8.96. The predicted molar refractivity (Wildman–Crippen MR) is 109 cm³/mol. The van der Waals surface area contributed by atoms with Gasteiger partial charge in [-0.3, -0.25) is 14.9 Å². The summed E-state index contributed by atoms with van der Waals surface area (Å²) in [5.74, 6) is -1.46. The SMILES string of the molecule is C[123I].C[C@](O)(COc1ccc(F)cc1)C(=O)Nc1ccc([N+](=O)[O-])c(C(F)(F)F)c1. The highest BCUT2D eigenvalue weighted by molar-refractivity contribution is 14.1. The van der Waals surface area contributed by atoms with Crippen molar-refractivity contribution in [1.29, 1.82) is 0 Å². The van der Waals surface area contributed by atoms with Crippen molar-refractivity contribution in [3.05, 3.63) is 64.0 Å². The normalized spacial score (nSPS) is 12.8. The minimum absolute atomic E-state index is 0.157. The number of rotatable bonds is 6. The van der Waals surface area contributed by atoms with Gasteiger partial charge in [-0.25, -0.2) is 4.39 Å². The average molecular weight is 540 g/mol. The van der Waals surface area contributed by atoms with Crippen LogP contribution in [0.15, 0.2) is 42.5 Å². The average Bonchev–Trinajstić information content (AvgIpc) is 2.68. The number of carbonyl (C=O) groups is 1. The molecule has 0 heterocycles. The van der Waals surface area contributed by atoms with Crippen LogP contribution in [0.25, 0.3) is 0 Å². The van der Waals surface area contributed by atoms with Crippen LogP contribution in [0.5, 0.6) is 5.75 Å². The van der Waals surface area contributed by atoms with Gasteiger partial charge < -0.3 is 15.2 Å². The van der Waals surface area contributed by atoms with Gasteiger partial charge in [0.2, 0.25) is 0 Å². The number of nitro groups is 1. The first-order chi connectivity index (χ1) is 13.9. The third-order valence-electron chi connectivity index (χ3n) is 3.58. The molecule has 0 spiro atoms. The van der Waals surface area contributed by atoms with E-state index in [1.54, 1.807) is 0 Å². The van der Waals surface area contributed by atoms with Gasteiger partial charge in [0, 0.05) is 11.8 Å². The molecule has 0 aromatic heterocycles. The largest absolute Gasteiger partial charge is 0.490 e. The molecule has 164 valence electrons. The van der Waals surface area contributed by atoms with Crippen molar-refractivity contribution >= 4 is 39.9 Å². The topological polar surface area (TPSA) is 102 Å². The van der Waals surface area contributed by atoms with Crippen LogP contribution < -0.4 is 10.1 Å². The Morgan fingerprint density at radius 3 is 2.27 bits per heavy atom. The summed E-state index contributed by atoms with van der Waals surface area (Å²) in [7, 11) is 0. The number of anilines is 1. The highest BCUT2D eigenvalue weighted by Gasteiger charge is 2.39. The van der Waals surface area contributed by atoms with E-state index in [1.807, 2.05) is 4.93 Å². The second-order valence-corrected chi connectivity index (χ2v) is 5.96. The molecule has 0 radical (unpaired) electrons. The molecular formula is C18H17F4IN2O5. The van der Waals surface area contributed by atoms with Crippen molar-refractivity contribution in [2.45, 2.75) is 18.7 Å². The lowest BCUT2D eigenvalue weighted by Crippen LogP contribution is -2.45. The zero-order valence-corrected chi connectivity index (χ0v) is 17.8. The summed E-state index contributed by atoms with van der Waals surface area (Å²) in [6, 6.07) is 6.61. The number of nitrogens with one attached hydrogen (secondary N) is 1. The summed E-state index contributed by atoms with van der Waals surface area (Å²) in [6.07, 6.45) is -5.02. The Morgan fingerprint density at radius 1 is 1.20 bits per heavy atom. The van der Waals surface area contributed by atoms with Crippen molar-refractivity contribution in [2.75, 3.05) is 16.9 Å². The number of halogens is 5. The molecule has 2 rings (SSSR count). The summed E-state index contributed by atoms with van der Waals surface area (Å²) in [4.78, 5) is 23.7. The summed E-state index contributed by atoms with van der Waals surface area (Å²) < 4.78 is 57.0. The quantitative estimate of drug-likeness (QED) is 0.184. The first-order valence-electron chi connectivity index (χ1n) is 8.06. The Morgan fingerprint density at radius 2 is 1.77 bits per heavy atom. The van der Waals surface area contributed by atoms with Gasteiger partial charge in [-0.05, 0) is 48.3 Å². The van der Waals surface area contributed by atoms with Crippen LogP contribution in [-0.2, 0) is 11.0 Å². The van der Waals surface area contributed by atoms with Gasteiger partial charge in [0.1, 0.15) is 23.7 Å². The molecule has 0 aliphatic carbocycles. The molecule has 0 fully saturated rings. The Labute approximate surface area is 182 Å². The Balaban J connectivity index is 0.00000218. The smallest absolute Gasteiger partial charge is 0.423 e. The fourth-order valence-electron chi connectivity index (χ4n) is 2.09. The maximum Gasteiger partial charge on any atom is 0.423 e. The molecule has 7 nitrogen and oxygen atoms in total. The van der Waals surface area contributed by atoms with Crippen molar-refractivity contribution in [3.8, 4) is 5.75 Å². The molecule has 0 saturated carbocycles. The lowest BCUT2D eigenvalue weighted by molar-refractivity contribution is -0.388. The molecule has 30 heavy (non-hydrogen) atoms. The van der Waals surface area contributed by atoms with Crippen LogP contribution in [0.4, 0.5) is 28.9 Å². The molecule has 0 bridgehead atoms. The van der Waals surface area contributed by atoms with Crippen LogP contribution in [0.1, 0.15) is 12.5 Å². The van der Waals surface area contributed by atoms with Crippen LogP contribution in [0.3, 0.4) is 0 Å². The van der Waals surface area contributed by atoms with Crippen LogP contribution >= 0.6 is 22.6 Å². The van der Waals surface area contributed by atoms with Crippen molar-refractivity contribution < 1.29 is 37.1 Å². The number of ether oxygens (including phenoxy) is 1. The molecule has 2 aromatic rings. The molecule has 1 amide bonds. The van der Waals surface area contributed by atoms with E-state index in [0.717, 1.165) is 25.1 Å². The van der Waals surface area contributed by atoms with E-state index in [0.29, 0.717) is 12.1 Å². The lowest BCUT2D eigenvalue weighted by atomic mass is 10.1. The number of hydrogen-bond acceptors (Lipinski definition) is 5. The number of nitrogens with zero attached hydrogens (tertiary/aromatic N) is 1. The standard InChI is InChI=1S/C17H14F4N2O5.CH3I/c1-16(25,9-28-12-5-2-10(18)3-6-12)15(24)22-11-4-7-14(23(26)27)13(8-11)17(19,20)21;1-2/h2-8,25H,9H2,1H3,(H,22,24);1H3/t16-;/m0./s1/i;2-4. The number of carbonyl (C=O) groups excluding carboxylic acids is 1. The maximum absolute atomic E-state index is 13.0. The van der Waals surface area contributed by atoms with Crippen molar-refractivity contribution in [2.24, 2.45) is 0 Å². The Bertz CT molecular complexity index is 889. The number of alkyl halides is 4. The summed E-state index contributed by atoms with van der Waals surface area (Å²) in [5.41, 5.74) is -5.27. The van der Waals surface area contributed by atoms with Gasteiger partial charge in [-0.2, -0.15) is 13.2 Å². The third kappa shape index (κ3) is 7.09. The zero-order valence-electron chi connectivity index (χ0n) is 15.7. The minimum Gasteiger partial charge on any atom is -0.490 e. The second-order valence-electron chi connectivity index (χ2n) is 5.96. The molecule has 0 saturated heterocycles. The molecule has 1 atom stereocenters. The van der Waals surface area contributed by atoms with Gasteiger partial charge >= 0.3 is 6.18 Å². The molecular weight excluding hydrogens is 523 g/mol. The first kappa shape index (κ1) is 25.6. The summed E-state index contributed by atoms with van der Waals surface area (Å²) in [5, 5.41) is 23.0. The number of nitro benzene ring substituents is 1. The highest BCUT2D eigenvalue weighted by Crippen LogP contribution is 2.37. The van der Waals surface area contributed by atoms with Gasteiger partial charge in [-0.15, -0.1) is 0 Å². The molecule has 0 aliphatic heterocycles. The van der Waals surface area contributed by atoms with E-state index < -0.39 is 52.0 Å². The van der Waals surface area contributed by atoms with E-state index >= 15 is 0 Å². The van der Waals surface area contributed by atoms with Crippen LogP contribution in [0.2, 0.25) is 0 Å². The molecule has 0 aliphatic rings. The Hall–Kier alpha value is -2.48. The van der Waals surface area contributed by atoms with E-state index in [-0.39, 0.29) is 5.75 Å². The zero-order chi connectivity index (χ0) is 23.1. The van der Waals surface area contributed by atoms with E-state index in [1.165, 1.54) is 12.1 Å². The van der Waals surface area contributed by atoms with E-state index in [4.69, 9.17) is 4.74 Å². The summed E-state index contributed by atoms with van der Waals surface area (Å²) >= 11 is 2.15. The number of aliphatic hydroxyl groups is 1. The molecule has 0 unspecified atom stereocenters. The van der Waals surface area contributed by atoms with Crippen LogP contribution in [-0.4, -0.2) is 33.1 Å². The maximum atomic E-state index is 13.0. The summed E-state index contributed by atoms with van der Waals surface area (Å²) in [6.45, 7) is 0.478. The molecule has 2 N–H and O–H groups in total. The number of hydrogen-bond donors (Lipinski definition) is 2. The van der Waals surface area contributed by atoms with Crippen molar-refractivity contribution in [3.63, 3.8) is 0 Å². The minimum atomic E-state index is -5.02. The fourth-order valence-corrected chi connectivity index (χ4v) is 2.09. The fraction of sp³-hybridized carbons (Fsp3) is 0.278. The van der Waals surface area contributed by atoms with Gasteiger partial charge in [0.05, 0.1) is 4.92 Å². The number of amides is 1. The van der Waals surface area contributed by atoms with Gasteiger partial charge in [0.15, 0.2) is 5.60 Å². The first-order valence-corrected chi connectivity index (χ1v) is 10.2. The van der Waals surface area contributed by atoms with E-state index in [2.05, 4.69) is 27.9 Å². The second kappa shape index (κ2) is 10.5. The molecule has 12 heteroatoms. The van der Waals surface area contributed by atoms with Gasteiger partial charge in [-0.1, -0.05) is 22.6 Å². The van der Waals surface area contributed by atoms with Crippen LogP contribution in [0, 0.1) is 15.9 Å². The molecule has 2 aromatic carbocycles. The van der Waals surface area contributed by atoms with Crippen molar-refractivity contribution in [1.82, 2.24) is 0 Å². The highest BCUT2D eigenvalue weighted by atomic mass is 123. The van der Waals surface area contributed by atoms with E-state index in [9.17, 15) is 37.6 Å². The third-order valence-corrected chi connectivity index (χ3v) is 3.58.